The van der Waals surface area contributed by atoms with E-state index in [4.69, 9.17) is 13.8 Å². The first-order valence-corrected chi connectivity index (χ1v) is 20.9. The number of furan rings is 2. The van der Waals surface area contributed by atoms with Gasteiger partial charge < -0.3 is 13.7 Å². The summed E-state index contributed by atoms with van der Waals surface area (Å²) in [7, 11) is 0. The molecule has 294 valence electrons. The molecule has 0 aliphatic rings. The van der Waals surface area contributed by atoms with Crippen LogP contribution in [0.15, 0.2) is 233 Å². The SMILES string of the molecule is C=C(N=C(/C=C(\C)c1cc(-c2ccc(N(c3ccccc3)c3cccc4c3oc3ccccc34)cc2)c2c(c1)oc1cc3ccccc3cc12)c1ccccc1)c1ccccc1. The Morgan fingerprint density at radius 3 is 1.89 bits per heavy atom. The topological polar surface area (TPSA) is 41.9 Å². The van der Waals surface area contributed by atoms with Gasteiger partial charge in [0.15, 0.2) is 5.58 Å². The fourth-order valence-electron chi connectivity index (χ4n) is 8.67. The predicted octanol–water partition coefficient (Wildman–Crippen LogP) is 16.3. The molecule has 11 aromatic rings. The fourth-order valence-corrected chi connectivity index (χ4v) is 8.67. The molecule has 0 unspecified atom stereocenters. The second kappa shape index (κ2) is 15.4. The van der Waals surface area contributed by atoms with Crippen molar-refractivity contribution in [1.29, 1.82) is 0 Å². The van der Waals surface area contributed by atoms with Gasteiger partial charge in [0.2, 0.25) is 0 Å². The van der Waals surface area contributed by atoms with E-state index in [0.717, 1.165) is 105 Å². The average molecular weight is 797 g/mol. The van der Waals surface area contributed by atoms with E-state index in [0.29, 0.717) is 5.70 Å². The standard InChI is InChI=1S/C58H40N2O2/c1-38(33-52(42-19-8-4-9-20-42)59-39(2)40-17-6-3-7-18-40)45-35-50(57-51-34-43-21-12-13-22-44(43)36-55(51)61-56(57)37-45)41-29-31-47(32-30-41)60(46-23-10-5-11-24-46)53-27-16-26-49-48-25-14-15-28-54(48)62-58(49)53/h3-37H,2H2,1H3/b38-33+,59-52?. The molecule has 2 aromatic heterocycles. The van der Waals surface area contributed by atoms with Crippen LogP contribution in [0.25, 0.3) is 77.0 Å². The van der Waals surface area contributed by atoms with Crippen molar-refractivity contribution in [3.63, 3.8) is 0 Å². The first kappa shape index (κ1) is 36.8. The average Bonchev–Trinajstić information content (AvgIpc) is 3.90. The summed E-state index contributed by atoms with van der Waals surface area (Å²) in [5.74, 6) is 0. The highest BCUT2D eigenvalue weighted by Crippen LogP contribution is 2.44. The van der Waals surface area contributed by atoms with Gasteiger partial charge in [-0.05, 0) is 112 Å². The van der Waals surface area contributed by atoms with Crippen molar-refractivity contribution < 1.29 is 8.83 Å². The number of hydrogen-bond donors (Lipinski definition) is 0. The number of fused-ring (bicyclic) bond motifs is 7. The molecule has 2 heterocycles. The molecule has 11 rings (SSSR count). The molecule has 0 amide bonds. The number of aliphatic imine (C=N–C) groups is 1. The number of allylic oxidation sites excluding steroid dienone is 2. The summed E-state index contributed by atoms with van der Waals surface area (Å²) in [6.07, 6.45) is 2.16. The van der Waals surface area contributed by atoms with Gasteiger partial charge in [-0.15, -0.1) is 0 Å². The molecule has 0 saturated carbocycles. The number of hydrogen-bond acceptors (Lipinski definition) is 4. The Hall–Kier alpha value is -8.21. The molecule has 0 fully saturated rings. The Morgan fingerprint density at radius 1 is 0.500 bits per heavy atom. The van der Waals surface area contributed by atoms with E-state index in [-0.39, 0.29) is 0 Å². The minimum absolute atomic E-state index is 0.704. The van der Waals surface area contributed by atoms with Crippen LogP contribution in [-0.4, -0.2) is 5.71 Å². The summed E-state index contributed by atoms with van der Waals surface area (Å²) in [5, 5.41) is 6.66. The van der Waals surface area contributed by atoms with Gasteiger partial charge in [-0.25, -0.2) is 4.99 Å². The van der Waals surface area contributed by atoms with Crippen LogP contribution in [0.5, 0.6) is 0 Å². The van der Waals surface area contributed by atoms with Gasteiger partial charge in [-0.2, -0.15) is 0 Å². The van der Waals surface area contributed by atoms with Gasteiger partial charge in [0.1, 0.15) is 16.7 Å². The maximum absolute atomic E-state index is 6.78. The zero-order valence-corrected chi connectivity index (χ0v) is 34.1. The normalized spacial score (nSPS) is 12.2. The van der Waals surface area contributed by atoms with Crippen molar-refractivity contribution in [3.05, 3.63) is 236 Å². The zero-order valence-electron chi connectivity index (χ0n) is 34.1. The molecule has 62 heavy (non-hydrogen) atoms. The highest BCUT2D eigenvalue weighted by molar-refractivity contribution is 6.18. The van der Waals surface area contributed by atoms with Crippen molar-refractivity contribution >= 4 is 88.7 Å². The third kappa shape index (κ3) is 6.65. The Bertz CT molecular complexity index is 3520. The maximum atomic E-state index is 6.78. The van der Waals surface area contributed by atoms with E-state index in [2.05, 4.69) is 164 Å². The minimum atomic E-state index is 0.704. The van der Waals surface area contributed by atoms with Crippen molar-refractivity contribution in [2.75, 3.05) is 4.90 Å². The molecule has 0 bridgehead atoms. The van der Waals surface area contributed by atoms with Crippen molar-refractivity contribution in [3.8, 4) is 11.1 Å². The van der Waals surface area contributed by atoms with Crippen LogP contribution >= 0.6 is 0 Å². The largest absolute Gasteiger partial charge is 0.456 e. The summed E-state index contributed by atoms with van der Waals surface area (Å²) in [6.45, 7) is 6.50. The molecular weight excluding hydrogens is 757 g/mol. The lowest BCUT2D eigenvalue weighted by molar-refractivity contribution is 0.669. The van der Waals surface area contributed by atoms with Crippen LogP contribution in [0.2, 0.25) is 0 Å². The van der Waals surface area contributed by atoms with E-state index in [1.807, 2.05) is 66.7 Å². The van der Waals surface area contributed by atoms with Gasteiger partial charge in [0.05, 0.1) is 17.1 Å². The van der Waals surface area contributed by atoms with Crippen LogP contribution in [0, 0.1) is 0 Å². The van der Waals surface area contributed by atoms with Crippen molar-refractivity contribution in [1.82, 2.24) is 0 Å². The summed E-state index contributed by atoms with van der Waals surface area (Å²) < 4.78 is 13.4. The lowest BCUT2D eigenvalue weighted by atomic mass is 9.93. The third-order valence-corrected chi connectivity index (χ3v) is 11.8. The lowest BCUT2D eigenvalue weighted by Gasteiger charge is -2.25. The Kier molecular flexibility index (Phi) is 9.17. The van der Waals surface area contributed by atoms with Gasteiger partial charge >= 0.3 is 0 Å². The molecule has 0 aliphatic carbocycles. The molecule has 0 radical (unpaired) electrons. The first-order valence-electron chi connectivity index (χ1n) is 20.9. The highest BCUT2D eigenvalue weighted by atomic mass is 16.3. The Labute approximate surface area is 359 Å². The van der Waals surface area contributed by atoms with Gasteiger partial charge in [-0.1, -0.05) is 152 Å². The molecule has 0 saturated heterocycles. The van der Waals surface area contributed by atoms with Gasteiger partial charge in [-0.3, -0.25) is 0 Å². The predicted molar refractivity (Wildman–Crippen MR) is 261 cm³/mol. The van der Waals surface area contributed by atoms with Crippen LogP contribution in [0.3, 0.4) is 0 Å². The Balaban J connectivity index is 1.08. The van der Waals surface area contributed by atoms with Crippen LogP contribution in [-0.2, 0) is 0 Å². The van der Waals surface area contributed by atoms with Crippen LogP contribution in [0.4, 0.5) is 17.1 Å². The van der Waals surface area contributed by atoms with Crippen molar-refractivity contribution in [2.45, 2.75) is 6.92 Å². The molecule has 0 N–H and O–H groups in total. The lowest BCUT2D eigenvalue weighted by Crippen LogP contribution is -2.10. The van der Waals surface area contributed by atoms with Crippen LogP contribution < -0.4 is 4.90 Å². The third-order valence-electron chi connectivity index (χ3n) is 11.8. The highest BCUT2D eigenvalue weighted by Gasteiger charge is 2.21. The smallest absolute Gasteiger partial charge is 0.159 e. The second-order valence-electron chi connectivity index (χ2n) is 15.7. The van der Waals surface area contributed by atoms with E-state index in [1.165, 1.54) is 5.39 Å². The van der Waals surface area contributed by atoms with E-state index in [9.17, 15) is 0 Å². The van der Waals surface area contributed by atoms with Crippen molar-refractivity contribution in [2.24, 2.45) is 4.99 Å². The summed E-state index contributed by atoms with van der Waals surface area (Å²) in [4.78, 5) is 7.39. The number of para-hydroxylation sites is 3. The molecule has 4 nitrogen and oxygen atoms in total. The monoisotopic (exact) mass is 796 g/mol. The molecule has 0 spiro atoms. The number of anilines is 3. The van der Waals surface area contributed by atoms with Crippen LogP contribution in [0.1, 0.15) is 23.6 Å². The fraction of sp³-hybridized carbons (Fsp3) is 0.0172. The minimum Gasteiger partial charge on any atom is -0.456 e. The molecule has 0 aliphatic heterocycles. The quantitative estimate of drug-likeness (QED) is 0.137. The second-order valence-corrected chi connectivity index (χ2v) is 15.7. The molecular formula is C58H40N2O2. The summed E-state index contributed by atoms with van der Waals surface area (Å²) in [5.41, 5.74) is 14.2. The molecule has 9 aromatic carbocycles. The Morgan fingerprint density at radius 2 is 1.13 bits per heavy atom. The van der Waals surface area contributed by atoms with E-state index < -0.39 is 0 Å². The maximum Gasteiger partial charge on any atom is 0.159 e. The number of rotatable bonds is 9. The van der Waals surface area contributed by atoms with Gasteiger partial charge in [0.25, 0.3) is 0 Å². The number of nitrogens with zero attached hydrogens (tertiary/aromatic N) is 2. The van der Waals surface area contributed by atoms with E-state index in [1.54, 1.807) is 0 Å². The zero-order chi connectivity index (χ0) is 41.6. The first-order chi connectivity index (χ1) is 30.6. The summed E-state index contributed by atoms with van der Waals surface area (Å²) in [6, 6.07) is 71.7. The van der Waals surface area contributed by atoms with Gasteiger partial charge in [0, 0.05) is 38.5 Å². The van der Waals surface area contributed by atoms with E-state index >= 15 is 0 Å². The summed E-state index contributed by atoms with van der Waals surface area (Å²) >= 11 is 0. The number of benzene rings is 9. The molecule has 4 heteroatoms. The molecule has 0 atom stereocenters.